The number of hydrogen-bond acceptors (Lipinski definition) is 7. The van der Waals surface area contributed by atoms with Crippen molar-refractivity contribution >= 4 is 21.3 Å². The predicted octanol–water partition coefficient (Wildman–Crippen LogP) is 5.95. The van der Waals surface area contributed by atoms with Crippen molar-refractivity contribution in [3.8, 4) is 17.4 Å². The summed E-state index contributed by atoms with van der Waals surface area (Å²) in [5.41, 5.74) is -2.87. The number of benzene rings is 2. The maximum absolute atomic E-state index is 14.5. The first-order valence-electron chi connectivity index (χ1n) is 10.5. The van der Waals surface area contributed by atoms with Gasteiger partial charge in [0.25, 0.3) is 11.8 Å². The molecule has 1 atom stereocenters. The number of nitrogens with one attached hydrogen (secondary N) is 2. The first-order valence-corrected chi connectivity index (χ1v) is 12.5. The summed E-state index contributed by atoms with van der Waals surface area (Å²) in [6.45, 7) is 4.12. The van der Waals surface area contributed by atoms with Crippen molar-refractivity contribution in [2.45, 2.75) is 37.9 Å². The third kappa shape index (κ3) is 6.50. The minimum Gasteiger partial charge on any atom is -0.488 e. The number of anilines is 1. The van der Waals surface area contributed by atoms with Crippen LogP contribution in [0.5, 0.6) is 17.4 Å². The fraction of sp³-hybridized carbons (Fsp3) is 0.261. The van der Waals surface area contributed by atoms with E-state index < -0.39 is 73.8 Å². The molecule has 0 radical (unpaired) electrons. The van der Waals surface area contributed by atoms with E-state index in [1.165, 1.54) is 24.3 Å². The molecule has 0 aliphatic carbocycles. The number of rotatable bonds is 7. The Balaban J connectivity index is 2.10. The molecule has 8 nitrogen and oxygen atoms in total. The summed E-state index contributed by atoms with van der Waals surface area (Å²) >= 11 is 0. The molecule has 2 aromatic carbocycles. The normalized spacial score (nSPS) is 13.2. The first kappa shape index (κ1) is 27.8. The Kier molecular flexibility index (Phi) is 7.72. The Morgan fingerprint density at radius 2 is 1.73 bits per heavy atom. The van der Waals surface area contributed by atoms with Gasteiger partial charge in [-0.15, -0.1) is 10.2 Å². The molecule has 0 aliphatic rings. The van der Waals surface area contributed by atoms with Gasteiger partial charge >= 0.3 is 6.18 Å². The summed E-state index contributed by atoms with van der Waals surface area (Å²) in [6, 6.07) is 6.63. The topological polar surface area (TPSA) is 114 Å². The average Bonchev–Trinajstić information content (AvgIpc) is 2.75. The molecule has 37 heavy (non-hydrogen) atoms. The fourth-order valence-electron chi connectivity index (χ4n) is 3.15. The molecule has 2 N–H and O–H groups in total. The van der Waals surface area contributed by atoms with Gasteiger partial charge in [-0.3, -0.25) is 4.79 Å². The highest BCUT2D eigenvalue weighted by Crippen LogP contribution is 2.37. The number of amides is 1. The number of alkyl halides is 3. The van der Waals surface area contributed by atoms with E-state index in [0.717, 1.165) is 19.2 Å². The van der Waals surface area contributed by atoms with Crippen LogP contribution >= 0.6 is 0 Å². The van der Waals surface area contributed by atoms with Gasteiger partial charge in [-0.1, -0.05) is 6.07 Å². The van der Waals surface area contributed by atoms with Crippen molar-refractivity contribution < 1.29 is 40.4 Å². The van der Waals surface area contributed by atoms with Crippen molar-refractivity contribution in [2.75, 3.05) is 11.6 Å². The van der Waals surface area contributed by atoms with E-state index in [0.29, 0.717) is 6.07 Å². The molecular formula is C23H21F5N4O4S. The van der Waals surface area contributed by atoms with Crippen LogP contribution < -0.4 is 14.8 Å². The number of ether oxygens (including phenoxy) is 2. The highest BCUT2D eigenvalue weighted by molar-refractivity contribution is 7.91. The Morgan fingerprint density at radius 1 is 1.08 bits per heavy atom. The minimum atomic E-state index is -4.98. The van der Waals surface area contributed by atoms with Gasteiger partial charge in [0.2, 0.25) is 0 Å². The van der Waals surface area contributed by atoms with E-state index in [1.807, 2.05) is 0 Å². The second kappa shape index (κ2) is 10.3. The van der Waals surface area contributed by atoms with Gasteiger partial charge < -0.3 is 14.8 Å². The van der Waals surface area contributed by atoms with Crippen LogP contribution in [0.25, 0.3) is 0 Å². The lowest BCUT2D eigenvalue weighted by atomic mass is 10.1. The summed E-state index contributed by atoms with van der Waals surface area (Å²) in [7, 11) is -3.16. The number of hydrogen-bond donors (Lipinski definition) is 2. The lowest BCUT2D eigenvalue weighted by Gasteiger charge is -2.17. The third-order valence-corrected chi connectivity index (χ3v) is 5.93. The summed E-state index contributed by atoms with van der Waals surface area (Å²) in [6.07, 6.45) is -4.33. The van der Waals surface area contributed by atoms with Crippen LogP contribution in [0.1, 0.15) is 35.5 Å². The quantitative estimate of drug-likeness (QED) is 0.356. The second-order valence-electron chi connectivity index (χ2n) is 8.16. The molecule has 198 valence electrons. The summed E-state index contributed by atoms with van der Waals surface area (Å²) in [5, 5.41) is 8.77. The van der Waals surface area contributed by atoms with Crippen LogP contribution in [-0.4, -0.2) is 32.7 Å². The second-order valence-corrected chi connectivity index (χ2v) is 10.3. The van der Waals surface area contributed by atoms with Gasteiger partial charge in [-0.05, 0) is 44.5 Å². The highest BCUT2D eigenvalue weighted by atomic mass is 32.2. The van der Waals surface area contributed by atoms with E-state index >= 15 is 0 Å². The van der Waals surface area contributed by atoms with Crippen LogP contribution in [0, 0.1) is 23.3 Å². The number of halogens is 5. The standard InChI is InChI=1S/C23H21F5N4O4S/c1-11(2)35-17-10-18(16(25)9-15(17)24)36-22-19(12(3)20(31-32-22)23(26,27)28)21(33)30-13-6-5-7-14(8-13)37(4,29)34/h5-11,29H,1-4H3,(H,30,33). The lowest BCUT2D eigenvalue weighted by molar-refractivity contribution is -0.142. The molecule has 1 unspecified atom stereocenters. The zero-order chi connectivity index (χ0) is 27.7. The molecule has 1 amide bonds. The van der Waals surface area contributed by atoms with Crippen molar-refractivity contribution in [1.82, 2.24) is 10.2 Å². The molecule has 1 heterocycles. The minimum absolute atomic E-state index is 0.0145. The molecule has 0 bridgehead atoms. The molecule has 14 heteroatoms. The maximum atomic E-state index is 14.5. The summed E-state index contributed by atoms with van der Waals surface area (Å²) < 4.78 is 99.3. The van der Waals surface area contributed by atoms with Crippen molar-refractivity contribution in [3.63, 3.8) is 0 Å². The van der Waals surface area contributed by atoms with Crippen LogP contribution in [-0.2, 0) is 15.9 Å². The number of nitrogens with zero attached hydrogens (tertiary/aromatic N) is 2. The van der Waals surface area contributed by atoms with Gasteiger partial charge in [-0.25, -0.2) is 17.8 Å². The summed E-state index contributed by atoms with van der Waals surface area (Å²) in [4.78, 5) is 13.2. The number of carbonyl (C=O) groups excluding carboxylic acids is 1. The van der Waals surface area contributed by atoms with E-state index in [4.69, 9.17) is 14.3 Å². The number of carbonyl (C=O) groups is 1. The molecule has 0 saturated carbocycles. The first-order chi connectivity index (χ1) is 17.1. The lowest BCUT2D eigenvalue weighted by Crippen LogP contribution is -2.21. The van der Waals surface area contributed by atoms with Gasteiger partial charge in [-0.2, -0.15) is 13.2 Å². The van der Waals surface area contributed by atoms with Crippen molar-refractivity contribution in [1.29, 1.82) is 4.78 Å². The van der Waals surface area contributed by atoms with Crippen LogP contribution in [0.2, 0.25) is 0 Å². The van der Waals surface area contributed by atoms with Gasteiger partial charge in [0.1, 0.15) is 5.56 Å². The Bertz CT molecular complexity index is 1460. The van der Waals surface area contributed by atoms with Gasteiger partial charge in [0.05, 0.1) is 15.8 Å². The molecule has 3 rings (SSSR count). The molecule has 0 spiro atoms. The van der Waals surface area contributed by atoms with E-state index in [-0.39, 0.29) is 10.6 Å². The fourth-order valence-corrected chi connectivity index (χ4v) is 3.84. The maximum Gasteiger partial charge on any atom is 0.435 e. The monoisotopic (exact) mass is 544 g/mol. The molecule has 0 fully saturated rings. The van der Waals surface area contributed by atoms with Crippen LogP contribution in [0.4, 0.5) is 27.6 Å². The van der Waals surface area contributed by atoms with E-state index in [2.05, 4.69) is 15.5 Å². The zero-order valence-electron chi connectivity index (χ0n) is 19.9. The van der Waals surface area contributed by atoms with Crippen molar-refractivity contribution in [2.24, 2.45) is 0 Å². The largest absolute Gasteiger partial charge is 0.488 e. The average molecular weight is 545 g/mol. The molecule has 3 aromatic rings. The van der Waals surface area contributed by atoms with Gasteiger partial charge in [0, 0.05) is 29.0 Å². The summed E-state index contributed by atoms with van der Waals surface area (Å²) in [5.74, 6) is -5.29. The molecular weight excluding hydrogens is 523 g/mol. The molecule has 0 saturated heterocycles. The number of aromatic nitrogens is 2. The SMILES string of the molecule is Cc1c(C(F)(F)F)nnc(Oc2cc(OC(C)C)c(F)cc2F)c1C(=O)Nc1cccc(S(C)(=N)=O)c1. The predicted molar refractivity (Wildman–Crippen MR) is 123 cm³/mol. The zero-order valence-corrected chi connectivity index (χ0v) is 20.7. The van der Waals surface area contributed by atoms with Crippen LogP contribution in [0.15, 0.2) is 41.3 Å². The highest BCUT2D eigenvalue weighted by Gasteiger charge is 2.38. The Labute approximate surface area is 208 Å². The molecule has 0 aliphatic heterocycles. The molecule has 1 aromatic heterocycles. The van der Waals surface area contributed by atoms with Gasteiger partial charge in [0.15, 0.2) is 28.8 Å². The third-order valence-electron chi connectivity index (χ3n) is 4.78. The Hall–Kier alpha value is -3.81. The van der Waals surface area contributed by atoms with Crippen molar-refractivity contribution in [3.05, 3.63) is 64.9 Å². The Morgan fingerprint density at radius 3 is 2.32 bits per heavy atom. The van der Waals surface area contributed by atoms with E-state index in [1.54, 1.807) is 13.8 Å². The van der Waals surface area contributed by atoms with E-state index in [9.17, 15) is 31.0 Å². The smallest absolute Gasteiger partial charge is 0.435 e. The van der Waals surface area contributed by atoms with Crippen LogP contribution in [0.3, 0.4) is 0 Å².